The Labute approximate surface area is 126 Å². The molecule has 0 atom stereocenters. The van der Waals surface area contributed by atoms with Crippen LogP contribution < -0.4 is 5.73 Å². The van der Waals surface area contributed by atoms with Gasteiger partial charge in [0.05, 0.1) is 19.8 Å². The van der Waals surface area contributed by atoms with Gasteiger partial charge < -0.3 is 15.4 Å². The SMILES string of the molecule is CCCN(CC(=O)N1CCOCC1)Cc1ccccc1N. The van der Waals surface area contributed by atoms with Gasteiger partial charge in [-0.15, -0.1) is 0 Å². The summed E-state index contributed by atoms with van der Waals surface area (Å²) in [6.45, 7) is 6.87. The molecule has 5 nitrogen and oxygen atoms in total. The van der Waals surface area contributed by atoms with Gasteiger partial charge in [0.15, 0.2) is 0 Å². The van der Waals surface area contributed by atoms with E-state index >= 15 is 0 Å². The minimum absolute atomic E-state index is 0.182. The number of ether oxygens (including phenoxy) is 1. The van der Waals surface area contributed by atoms with Gasteiger partial charge in [-0.1, -0.05) is 25.1 Å². The van der Waals surface area contributed by atoms with Gasteiger partial charge in [0.2, 0.25) is 5.91 Å². The Bertz CT molecular complexity index is 459. The fourth-order valence-electron chi connectivity index (χ4n) is 2.55. The number of carbonyl (C=O) groups excluding carboxylic acids is 1. The second kappa shape index (κ2) is 8.00. The van der Waals surface area contributed by atoms with Crippen LogP contribution in [-0.4, -0.2) is 55.1 Å². The second-order valence-corrected chi connectivity index (χ2v) is 5.40. The Morgan fingerprint density at radius 1 is 1.33 bits per heavy atom. The number of hydrogen-bond donors (Lipinski definition) is 1. The number of rotatable bonds is 6. The number of nitrogens with two attached hydrogens (primary N) is 1. The van der Waals surface area contributed by atoms with Crippen LogP contribution in [0.4, 0.5) is 5.69 Å². The van der Waals surface area contributed by atoms with Crippen LogP contribution in [-0.2, 0) is 16.1 Å². The fraction of sp³-hybridized carbons (Fsp3) is 0.562. The van der Waals surface area contributed by atoms with Gasteiger partial charge in [-0.05, 0) is 24.6 Å². The molecular weight excluding hydrogens is 266 g/mol. The van der Waals surface area contributed by atoms with Gasteiger partial charge in [0, 0.05) is 25.3 Å². The molecule has 5 heteroatoms. The molecule has 0 unspecified atom stereocenters. The number of carbonyl (C=O) groups is 1. The Balaban J connectivity index is 1.95. The number of morpholine rings is 1. The molecule has 1 aliphatic rings. The first-order valence-electron chi connectivity index (χ1n) is 7.62. The molecule has 1 amide bonds. The molecule has 1 aromatic carbocycles. The van der Waals surface area contributed by atoms with Gasteiger partial charge >= 0.3 is 0 Å². The maximum absolute atomic E-state index is 12.4. The molecule has 0 radical (unpaired) electrons. The van der Waals surface area contributed by atoms with E-state index in [0.29, 0.717) is 32.8 Å². The molecule has 1 fully saturated rings. The summed E-state index contributed by atoms with van der Waals surface area (Å²) in [6.07, 6.45) is 1.02. The van der Waals surface area contributed by atoms with Gasteiger partial charge in [-0.25, -0.2) is 0 Å². The molecule has 0 aliphatic carbocycles. The van der Waals surface area contributed by atoms with Crippen LogP contribution in [0.3, 0.4) is 0 Å². The monoisotopic (exact) mass is 291 g/mol. The van der Waals surface area contributed by atoms with Crippen LogP contribution in [0.1, 0.15) is 18.9 Å². The standard InChI is InChI=1S/C16H25N3O2/c1-2-7-18(12-14-5-3-4-6-15(14)17)13-16(20)19-8-10-21-11-9-19/h3-6H,2,7-13,17H2,1H3. The van der Waals surface area contributed by atoms with E-state index in [9.17, 15) is 4.79 Å². The van der Waals surface area contributed by atoms with Gasteiger partial charge in [-0.3, -0.25) is 9.69 Å². The fourth-order valence-corrected chi connectivity index (χ4v) is 2.55. The van der Waals surface area contributed by atoms with E-state index in [1.165, 1.54) is 0 Å². The van der Waals surface area contributed by atoms with Crippen molar-refractivity contribution in [2.75, 3.05) is 45.1 Å². The minimum Gasteiger partial charge on any atom is -0.398 e. The summed E-state index contributed by atoms with van der Waals surface area (Å²) in [7, 11) is 0. The lowest BCUT2D eigenvalue weighted by molar-refractivity contribution is -0.136. The zero-order chi connectivity index (χ0) is 15.1. The van der Waals surface area contributed by atoms with Crippen molar-refractivity contribution in [2.24, 2.45) is 0 Å². The first-order chi connectivity index (χ1) is 10.2. The number of para-hydroxylation sites is 1. The first-order valence-corrected chi connectivity index (χ1v) is 7.62. The average molecular weight is 291 g/mol. The lowest BCUT2D eigenvalue weighted by Gasteiger charge is -2.30. The Morgan fingerprint density at radius 3 is 2.71 bits per heavy atom. The molecule has 0 aromatic heterocycles. The van der Waals surface area contributed by atoms with Crippen molar-refractivity contribution in [2.45, 2.75) is 19.9 Å². The second-order valence-electron chi connectivity index (χ2n) is 5.40. The topological polar surface area (TPSA) is 58.8 Å². The summed E-state index contributed by atoms with van der Waals surface area (Å²) in [5.74, 6) is 0.182. The van der Waals surface area contributed by atoms with Crippen molar-refractivity contribution in [1.82, 2.24) is 9.80 Å². The quantitative estimate of drug-likeness (QED) is 0.804. The Morgan fingerprint density at radius 2 is 2.05 bits per heavy atom. The summed E-state index contributed by atoms with van der Waals surface area (Å²) in [5.41, 5.74) is 7.87. The third-order valence-electron chi connectivity index (χ3n) is 3.71. The largest absolute Gasteiger partial charge is 0.398 e. The molecule has 0 spiro atoms. The normalized spacial score (nSPS) is 15.4. The number of benzene rings is 1. The molecule has 1 heterocycles. The zero-order valence-corrected chi connectivity index (χ0v) is 12.8. The lowest BCUT2D eigenvalue weighted by Crippen LogP contribution is -2.45. The number of amides is 1. The van der Waals surface area contributed by atoms with E-state index in [2.05, 4.69) is 11.8 Å². The summed E-state index contributed by atoms with van der Waals surface area (Å²) in [4.78, 5) is 16.4. The highest BCUT2D eigenvalue weighted by molar-refractivity contribution is 5.78. The minimum atomic E-state index is 0.182. The van der Waals surface area contributed by atoms with Crippen LogP contribution in [0.25, 0.3) is 0 Å². The average Bonchev–Trinajstić information content (AvgIpc) is 2.50. The van der Waals surface area contributed by atoms with Crippen molar-refractivity contribution in [3.8, 4) is 0 Å². The molecule has 2 rings (SSSR count). The van der Waals surface area contributed by atoms with E-state index in [-0.39, 0.29) is 5.91 Å². The maximum Gasteiger partial charge on any atom is 0.236 e. The van der Waals surface area contributed by atoms with Crippen LogP contribution in [0.2, 0.25) is 0 Å². The van der Waals surface area contributed by atoms with Gasteiger partial charge in [-0.2, -0.15) is 0 Å². The highest BCUT2D eigenvalue weighted by atomic mass is 16.5. The van der Waals surface area contributed by atoms with Crippen molar-refractivity contribution in [3.63, 3.8) is 0 Å². The molecular formula is C16H25N3O2. The molecule has 1 saturated heterocycles. The maximum atomic E-state index is 12.4. The van der Waals surface area contributed by atoms with E-state index in [4.69, 9.17) is 10.5 Å². The molecule has 21 heavy (non-hydrogen) atoms. The molecule has 1 aromatic rings. The summed E-state index contributed by atoms with van der Waals surface area (Å²) in [6, 6.07) is 7.85. The van der Waals surface area contributed by atoms with Crippen LogP contribution >= 0.6 is 0 Å². The highest BCUT2D eigenvalue weighted by Gasteiger charge is 2.19. The molecule has 1 aliphatic heterocycles. The number of anilines is 1. The predicted octanol–water partition coefficient (Wildman–Crippen LogP) is 1.34. The van der Waals surface area contributed by atoms with E-state index in [1.807, 2.05) is 29.2 Å². The molecule has 0 saturated carbocycles. The number of nitrogen functional groups attached to an aromatic ring is 1. The van der Waals surface area contributed by atoms with E-state index in [0.717, 1.165) is 30.8 Å². The van der Waals surface area contributed by atoms with Gasteiger partial charge in [0.25, 0.3) is 0 Å². The molecule has 2 N–H and O–H groups in total. The number of nitrogens with zero attached hydrogens (tertiary/aromatic N) is 2. The van der Waals surface area contributed by atoms with Crippen LogP contribution in [0.15, 0.2) is 24.3 Å². The summed E-state index contributed by atoms with van der Waals surface area (Å²) >= 11 is 0. The van der Waals surface area contributed by atoms with E-state index in [1.54, 1.807) is 0 Å². The van der Waals surface area contributed by atoms with Crippen molar-refractivity contribution < 1.29 is 9.53 Å². The van der Waals surface area contributed by atoms with Crippen molar-refractivity contribution in [1.29, 1.82) is 0 Å². The van der Waals surface area contributed by atoms with Crippen LogP contribution in [0.5, 0.6) is 0 Å². The van der Waals surface area contributed by atoms with Gasteiger partial charge in [0.1, 0.15) is 0 Å². The predicted molar refractivity (Wildman–Crippen MR) is 83.8 cm³/mol. The zero-order valence-electron chi connectivity index (χ0n) is 12.8. The lowest BCUT2D eigenvalue weighted by atomic mass is 10.1. The van der Waals surface area contributed by atoms with Crippen LogP contribution in [0, 0.1) is 0 Å². The molecule has 116 valence electrons. The Kier molecular flexibility index (Phi) is 6.02. The summed E-state index contributed by atoms with van der Waals surface area (Å²) in [5, 5.41) is 0. The summed E-state index contributed by atoms with van der Waals surface area (Å²) < 4.78 is 5.29. The Hall–Kier alpha value is -1.59. The highest BCUT2D eigenvalue weighted by Crippen LogP contribution is 2.14. The number of hydrogen-bond acceptors (Lipinski definition) is 4. The third-order valence-corrected chi connectivity index (χ3v) is 3.71. The smallest absolute Gasteiger partial charge is 0.236 e. The third kappa shape index (κ3) is 4.72. The van der Waals surface area contributed by atoms with E-state index < -0.39 is 0 Å². The first kappa shape index (κ1) is 15.8. The molecule has 0 bridgehead atoms. The van der Waals surface area contributed by atoms with Crippen molar-refractivity contribution in [3.05, 3.63) is 29.8 Å². The van der Waals surface area contributed by atoms with Crippen molar-refractivity contribution >= 4 is 11.6 Å².